The smallest absolute Gasteiger partial charge is 0.287 e. The van der Waals surface area contributed by atoms with Gasteiger partial charge in [-0.15, -0.1) is 24.0 Å². The molecule has 0 bridgehead atoms. The minimum atomic E-state index is -0.208. The summed E-state index contributed by atoms with van der Waals surface area (Å²) in [7, 11) is 0. The van der Waals surface area contributed by atoms with Crippen molar-refractivity contribution >= 4 is 35.8 Å². The Kier molecular flexibility index (Phi) is 7.42. The summed E-state index contributed by atoms with van der Waals surface area (Å²) < 4.78 is 5.00. The van der Waals surface area contributed by atoms with E-state index in [-0.39, 0.29) is 29.9 Å². The molecule has 0 saturated heterocycles. The molecule has 0 aromatic carbocycles. The second-order valence-corrected chi connectivity index (χ2v) is 4.41. The molecule has 0 unspecified atom stereocenters. The van der Waals surface area contributed by atoms with E-state index in [0.717, 1.165) is 12.5 Å². The van der Waals surface area contributed by atoms with Crippen LogP contribution in [-0.4, -0.2) is 37.5 Å². The molecular formula is C13H21IN4O2. The quantitative estimate of drug-likeness (QED) is 0.296. The lowest BCUT2D eigenvalue weighted by Gasteiger charge is -2.10. The maximum Gasteiger partial charge on any atom is 0.287 e. The van der Waals surface area contributed by atoms with E-state index in [9.17, 15) is 4.79 Å². The molecule has 6 nitrogen and oxygen atoms in total. The van der Waals surface area contributed by atoms with Crippen LogP contribution in [-0.2, 0) is 0 Å². The maximum absolute atomic E-state index is 11.6. The second-order valence-electron chi connectivity index (χ2n) is 4.41. The number of guanidine groups is 1. The van der Waals surface area contributed by atoms with Gasteiger partial charge in [0.25, 0.3) is 5.91 Å². The van der Waals surface area contributed by atoms with Crippen molar-refractivity contribution in [2.45, 2.75) is 25.8 Å². The van der Waals surface area contributed by atoms with E-state index in [1.54, 1.807) is 12.1 Å². The van der Waals surface area contributed by atoms with E-state index >= 15 is 0 Å². The molecular weight excluding hydrogens is 371 g/mol. The molecule has 1 amide bonds. The van der Waals surface area contributed by atoms with Crippen LogP contribution in [0.2, 0.25) is 0 Å². The summed E-state index contributed by atoms with van der Waals surface area (Å²) in [5, 5.41) is 9.25. The Morgan fingerprint density at radius 3 is 2.85 bits per heavy atom. The van der Waals surface area contributed by atoms with Crippen molar-refractivity contribution in [1.29, 1.82) is 0 Å². The number of amides is 1. The number of hydrogen-bond donors (Lipinski definition) is 3. The van der Waals surface area contributed by atoms with Gasteiger partial charge in [0.2, 0.25) is 0 Å². The van der Waals surface area contributed by atoms with Gasteiger partial charge in [-0.3, -0.25) is 9.79 Å². The summed E-state index contributed by atoms with van der Waals surface area (Å²) >= 11 is 0. The summed E-state index contributed by atoms with van der Waals surface area (Å²) in [6.45, 7) is 3.88. The van der Waals surface area contributed by atoms with Crippen LogP contribution < -0.4 is 16.0 Å². The highest BCUT2D eigenvalue weighted by Gasteiger charge is 2.21. The molecule has 1 aromatic rings. The van der Waals surface area contributed by atoms with Gasteiger partial charge in [0.05, 0.1) is 12.8 Å². The molecule has 0 spiro atoms. The monoisotopic (exact) mass is 392 g/mol. The zero-order valence-corrected chi connectivity index (χ0v) is 13.8. The lowest BCUT2D eigenvalue weighted by molar-refractivity contribution is 0.0927. The second kappa shape index (κ2) is 8.83. The molecule has 1 aliphatic carbocycles. The fourth-order valence-electron chi connectivity index (χ4n) is 1.57. The van der Waals surface area contributed by atoms with Gasteiger partial charge >= 0.3 is 0 Å². The van der Waals surface area contributed by atoms with E-state index in [2.05, 4.69) is 20.9 Å². The van der Waals surface area contributed by atoms with Crippen LogP contribution in [0.4, 0.5) is 0 Å². The Morgan fingerprint density at radius 1 is 1.45 bits per heavy atom. The van der Waals surface area contributed by atoms with Crippen molar-refractivity contribution in [2.24, 2.45) is 4.99 Å². The first-order valence-electron chi connectivity index (χ1n) is 6.66. The number of nitrogens with one attached hydrogen (secondary N) is 3. The zero-order valence-electron chi connectivity index (χ0n) is 11.5. The molecule has 0 radical (unpaired) electrons. The summed E-state index contributed by atoms with van der Waals surface area (Å²) in [5.41, 5.74) is 0. The lowest BCUT2D eigenvalue weighted by Crippen LogP contribution is -2.39. The molecule has 0 aliphatic heterocycles. The molecule has 1 aromatic heterocycles. The zero-order chi connectivity index (χ0) is 13.5. The van der Waals surface area contributed by atoms with Crippen molar-refractivity contribution in [2.75, 3.05) is 19.6 Å². The first kappa shape index (κ1) is 16.8. The summed E-state index contributed by atoms with van der Waals surface area (Å²) in [6.07, 6.45) is 3.90. The van der Waals surface area contributed by atoms with Crippen LogP contribution in [0.1, 0.15) is 30.3 Å². The first-order chi connectivity index (χ1) is 9.29. The SMILES string of the molecule is CCNC(=NCCNC(=O)c1ccco1)NC1CC1.I. The van der Waals surface area contributed by atoms with Gasteiger partial charge in [0, 0.05) is 19.1 Å². The van der Waals surface area contributed by atoms with Crippen molar-refractivity contribution in [3.8, 4) is 0 Å². The molecule has 1 fully saturated rings. The van der Waals surface area contributed by atoms with E-state index in [1.165, 1.54) is 19.1 Å². The number of hydrogen-bond acceptors (Lipinski definition) is 3. The highest BCUT2D eigenvalue weighted by Crippen LogP contribution is 2.18. The molecule has 2 rings (SSSR count). The van der Waals surface area contributed by atoms with Crippen LogP contribution >= 0.6 is 24.0 Å². The van der Waals surface area contributed by atoms with E-state index in [0.29, 0.717) is 24.9 Å². The predicted molar refractivity (Wildman–Crippen MR) is 88.6 cm³/mol. The highest BCUT2D eigenvalue weighted by molar-refractivity contribution is 14.0. The number of carbonyl (C=O) groups is 1. The Bertz CT molecular complexity index is 430. The Balaban J connectivity index is 0.00000200. The lowest BCUT2D eigenvalue weighted by atomic mass is 10.4. The number of nitrogens with zero attached hydrogens (tertiary/aromatic N) is 1. The minimum Gasteiger partial charge on any atom is -0.459 e. The fourth-order valence-corrected chi connectivity index (χ4v) is 1.57. The van der Waals surface area contributed by atoms with E-state index < -0.39 is 0 Å². The Labute approximate surface area is 135 Å². The van der Waals surface area contributed by atoms with Crippen LogP contribution in [0.3, 0.4) is 0 Å². The molecule has 7 heteroatoms. The number of rotatable bonds is 6. The van der Waals surface area contributed by atoms with Crippen molar-refractivity contribution in [1.82, 2.24) is 16.0 Å². The van der Waals surface area contributed by atoms with Crippen LogP contribution in [0.5, 0.6) is 0 Å². The summed E-state index contributed by atoms with van der Waals surface area (Å²) in [5.74, 6) is 0.935. The van der Waals surface area contributed by atoms with Gasteiger partial charge in [-0.25, -0.2) is 0 Å². The summed E-state index contributed by atoms with van der Waals surface area (Å²) in [4.78, 5) is 16.0. The molecule has 20 heavy (non-hydrogen) atoms. The summed E-state index contributed by atoms with van der Waals surface area (Å²) in [6, 6.07) is 3.89. The van der Waals surface area contributed by atoms with Crippen LogP contribution in [0.25, 0.3) is 0 Å². The number of carbonyl (C=O) groups excluding carboxylic acids is 1. The number of furan rings is 1. The maximum atomic E-state index is 11.6. The topological polar surface area (TPSA) is 78.7 Å². The minimum absolute atomic E-state index is 0. The molecule has 1 saturated carbocycles. The van der Waals surface area contributed by atoms with Gasteiger partial charge in [0.15, 0.2) is 11.7 Å². The average Bonchev–Trinajstić information content (AvgIpc) is 3.05. The average molecular weight is 392 g/mol. The third-order valence-corrected chi connectivity index (χ3v) is 2.67. The predicted octanol–water partition coefficient (Wildman–Crippen LogP) is 1.34. The fraction of sp³-hybridized carbons (Fsp3) is 0.538. The molecule has 112 valence electrons. The van der Waals surface area contributed by atoms with E-state index in [4.69, 9.17) is 4.42 Å². The number of aliphatic imine (C=N–C) groups is 1. The highest BCUT2D eigenvalue weighted by atomic mass is 127. The van der Waals surface area contributed by atoms with Crippen molar-refractivity contribution in [3.63, 3.8) is 0 Å². The molecule has 1 aliphatic rings. The first-order valence-corrected chi connectivity index (χ1v) is 6.66. The third-order valence-electron chi connectivity index (χ3n) is 2.67. The number of halogens is 1. The van der Waals surface area contributed by atoms with E-state index in [1.807, 2.05) is 6.92 Å². The van der Waals surface area contributed by atoms with Crippen LogP contribution in [0, 0.1) is 0 Å². The normalized spacial score (nSPS) is 14.3. The van der Waals surface area contributed by atoms with Gasteiger partial charge in [-0.2, -0.15) is 0 Å². The van der Waals surface area contributed by atoms with Gasteiger partial charge < -0.3 is 20.4 Å². The molecule has 0 atom stereocenters. The largest absolute Gasteiger partial charge is 0.459 e. The van der Waals surface area contributed by atoms with Crippen LogP contribution in [0.15, 0.2) is 27.8 Å². The van der Waals surface area contributed by atoms with Gasteiger partial charge in [0.1, 0.15) is 0 Å². The van der Waals surface area contributed by atoms with Crippen molar-refractivity contribution < 1.29 is 9.21 Å². The van der Waals surface area contributed by atoms with Crippen molar-refractivity contribution in [3.05, 3.63) is 24.2 Å². The molecule has 1 heterocycles. The Morgan fingerprint density at radius 2 is 2.25 bits per heavy atom. The van der Waals surface area contributed by atoms with Gasteiger partial charge in [-0.05, 0) is 31.9 Å². The molecule has 3 N–H and O–H groups in total. The third kappa shape index (κ3) is 5.81. The standard InChI is InChI=1S/C13H20N4O2.HI/c1-2-14-13(17-10-5-6-10)16-8-7-15-12(18)11-4-3-9-19-11;/h3-4,9-10H,2,5-8H2,1H3,(H,15,18)(H2,14,16,17);1H. The Hall–Kier alpha value is -1.25. The van der Waals surface area contributed by atoms with Gasteiger partial charge in [-0.1, -0.05) is 0 Å².